The Bertz CT molecular complexity index is 595. The highest BCUT2D eigenvalue weighted by Gasteiger charge is 2.30. The van der Waals surface area contributed by atoms with E-state index in [0.717, 1.165) is 12.1 Å². The fourth-order valence-corrected chi connectivity index (χ4v) is 2.17. The van der Waals surface area contributed by atoms with Gasteiger partial charge in [0.25, 0.3) is 0 Å². The van der Waals surface area contributed by atoms with Crippen LogP contribution in [-0.2, 0) is 6.18 Å². The monoisotopic (exact) mass is 310 g/mol. The Morgan fingerprint density at radius 3 is 1.73 bits per heavy atom. The van der Waals surface area contributed by atoms with Gasteiger partial charge in [0.05, 0.1) is 24.3 Å². The van der Waals surface area contributed by atoms with Crippen molar-refractivity contribution in [2.75, 3.05) is 13.2 Å². The zero-order valence-electron chi connectivity index (χ0n) is 12.4. The molecule has 0 atom stereocenters. The molecule has 0 saturated heterocycles. The van der Waals surface area contributed by atoms with Gasteiger partial charge in [0, 0.05) is 0 Å². The molecule has 0 radical (unpaired) electrons. The van der Waals surface area contributed by atoms with E-state index in [9.17, 15) is 13.2 Å². The lowest BCUT2D eigenvalue weighted by atomic mass is 10.0. The Hall–Kier alpha value is -2.17. The number of benzene rings is 2. The van der Waals surface area contributed by atoms with Gasteiger partial charge in [-0.2, -0.15) is 13.2 Å². The summed E-state index contributed by atoms with van der Waals surface area (Å²) >= 11 is 0. The second-order valence-electron chi connectivity index (χ2n) is 4.57. The van der Waals surface area contributed by atoms with E-state index < -0.39 is 11.7 Å². The van der Waals surface area contributed by atoms with Crippen LogP contribution in [0.5, 0.6) is 11.5 Å². The second kappa shape index (κ2) is 6.73. The number of ether oxygens (including phenoxy) is 2. The van der Waals surface area contributed by atoms with Crippen LogP contribution in [0.25, 0.3) is 11.1 Å². The lowest BCUT2D eigenvalue weighted by molar-refractivity contribution is -0.137. The standard InChI is InChI=1S/C17H17F3O2/c1-3-21-14-6-5-7-15(22-4-2)16(14)12-8-10-13(11-9-12)17(18,19)20/h5-11H,3-4H2,1-2H3. The minimum absolute atomic E-state index is 0.462. The van der Waals surface area contributed by atoms with Gasteiger partial charge in [0.1, 0.15) is 11.5 Å². The van der Waals surface area contributed by atoms with Gasteiger partial charge in [-0.3, -0.25) is 0 Å². The van der Waals surface area contributed by atoms with E-state index in [1.165, 1.54) is 12.1 Å². The molecule has 0 aliphatic rings. The molecule has 0 spiro atoms. The van der Waals surface area contributed by atoms with E-state index in [1.807, 2.05) is 13.8 Å². The maximum atomic E-state index is 12.7. The Kier molecular flexibility index (Phi) is 4.96. The zero-order valence-corrected chi connectivity index (χ0v) is 12.4. The number of halogens is 3. The third-order valence-electron chi connectivity index (χ3n) is 3.09. The van der Waals surface area contributed by atoms with Crippen molar-refractivity contribution in [1.29, 1.82) is 0 Å². The molecule has 2 aromatic carbocycles. The fourth-order valence-electron chi connectivity index (χ4n) is 2.17. The average molecular weight is 310 g/mol. The minimum atomic E-state index is -4.35. The molecule has 0 bridgehead atoms. The van der Waals surface area contributed by atoms with Gasteiger partial charge in [-0.25, -0.2) is 0 Å². The van der Waals surface area contributed by atoms with Gasteiger partial charge in [-0.05, 0) is 43.7 Å². The summed E-state index contributed by atoms with van der Waals surface area (Å²) in [6, 6.07) is 10.3. The largest absolute Gasteiger partial charge is 0.493 e. The minimum Gasteiger partial charge on any atom is -0.493 e. The normalized spacial score (nSPS) is 11.3. The molecule has 0 fully saturated rings. The van der Waals surface area contributed by atoms with Crippen LogP contribution in [0.2, 0.25) is 0 Å². The Morgan fingerprint density at radius 1 is 0.818 bits per heavy atom. The van der Waals surface area contributed by atoms with Crippen molar-refractivity contribution in [3.8, 4) is 22.6 Å². The maximum Gasteiger partial charge on any atom is 0.416 e. The molecule has 2 aromatic rings. The molecule has 0 aliphatic carbocycles. The molecule has 0 saturated carbocycles. The van der Waals surface area contributed by atoms with Crippen LogP contribution in [0.15, 0.2) is 42.5 Å². The zero-order chi connectivity index (χ0) is 16.2. The van der Waals surface area contributed by atoms with Crippen molar-refractivity contribution in [2.24, 2.45) is 0 Å². The van der Waals surface area contributed by atoms with E-state index in [4.69, 9.17) is 9.47 Å². The number of rotatable bonds is 5. The summed E-state index contributed by atoms with van der Waals surface area (Å²) in [6.07, 6.45) is -4.35. The van der Waals surface area contributed by atoms with Crippen molar-refractivity contribution < 1.29 is 22.6 Å². The summed E-state index contributed by atoms with van der Waals surface area (Å²) in [5, 5.41) is 0. The van der Waals surface area contributed by atoms with Crippen LogP contribution in [0.1, 0.15) is 19.4 Å². The second-order valence-corrected chi connectivity index (χ2v) is 4.57. The Balaban J connectivity index is 2.50. The van der Waals surface area contributed by atoms with Crippen LogP contribution in [-0.4, -0.2) is 13.2 Å². The highest BCUT2D eigenvalue weighted by Crippen LogP contribution is 2.39. The smallest absolute Gasteiger partial charge is 0.416 e. The van der Waals surface area contributed by atoms with Crippen molar-refractivity contribution >= 4 is 0 Å². The highest BCUT2D eigenvalue weighted by molar-refractivity contribution is 5.77. The first-order valence-corrected chi connectivity index (χ1v) is 7.03. The molecule has 2 nitrogen and oxygen atoms in total. The van der Waals surface area contributed by atoms with E-state index in [2.05, 4.69) is 0 Å². The molecule has 2 rings (SSSR count). The lowest BCUT2D eigenvalue weighted by Crippen LogP contribution is -2.04. The van der Waals surface area contributed by atoms with Gasteiger partial charge in [0.15, 0.2) is 0 Å². The molecule has 0 aromatic heterocycles. The fraction of sp³-hybridized carbons (Fsp3) is 0.294. The Morgan fingerprint density at radius 2 is 1.32 bits per heavy atom. The summed E-state index contributed by atoms with van der Waals surface area (Å²) in [5.41, 5.74) is 0.614. The van der Waals surface area contributed by atoms with E-state index in [-0.39, 0.29) is 0 Å². The van der Waals surface area contributed by atoms with Gasteiger partial charge in [-0.1, -0.05) is 18.2 Å². The molecule has 22 heavy (non-hydrogen) atoms. The number of alkyl halides is 3. The third kappa shape index (κ3) is 3.53. The summed E-state index contributed by atoms with van der Waals surface area (Å²) in [7, 11) is 0. The van der Waals surface area contributed by atoms with Crippen molar-refractivity contribution in [3.05, 3.63) is 48.0 Å². The predicted molar refractivity (Wildman–Crippen MR) is 79.2 cm³/mol. The van der Waals surface area contributed by atoms with Gasteiger partial charge < -0.3 is 9.47 Å². The first kappa shape index (κ1) is 16.2. The van der Waals surface area contributed by atoms with E-state index in [1.54, 1.807) is 18.2 Å². The van der Waals surface area contributed by atoms with Crippen LogP contribution in [0.4, 0.5) is 13.2 Å². The predicted octanol–water partition coefficient (Wildman–Crippen LogP) is 5.17. The topological polar surface area (TPSA) is 18.5 Å². The van der Waals surface area contributed by atoms with Crippen LogP contribution in [0.3, 0.4) is 0 Å². The maximum absolute atomic E-state index is 12.7. The molecule has 0 amide bonds. The molecule has 0 aliphatic heterocycles. The molecule has 0 heterocycles. The SMILES string of the molecule is CCOc1cccc(OCC)c1-c1ccc(C(F)(F)F)cc1. The molecule has 0 N–H and O–H groups in total. The molecular formula is C17H17F3O2. The average Bonchev–Trinajstić information content (AvgIpc) is 2.47. The lowest BCUT2D eigenvalue weighted by Gasteiger charge is -2.16. The van der Waals surface area contributed by atoms with Crippen LogP contribution in [0, 0.1) is 0 Å². The van der Waals surface area contributed by atoms with Gasteiger partial charge in [-0.15, -0.1) is 0 Å². The quantitative estimate of drug-likeness (QED) is 0.758. The highest BCUT2D eigenvalue weighted by atomic mass is 19.4. The third-order valence-corrected chi connectivity index (χ3v) is 3.09. The summed E-state index contributed by atoms with van der Waals surface area (Å²) in [5.74, 6) is 1.18. The van der Waals surface area contributed by atoms with Gasteiger partial charge >= 0.3 is 6.18 Å². The van der Waals surface area contributed by atoms with Crippen molar-refractivity contribution in [1.82, 2.24) is 0 Å². The first-order valence-electron chi connectivity index (χ1n) is 7.03. The van der Waals surface area contributed by atoms with E-state index in [0.29, 0.717) is 35.8 Å². The summed E-state index contributed by atoms with van der Waals surface area (Å²) in [4.78, 5) is 0. The molecular weight excluding hydrogens is 293 g/mol. The summed E-state index contributed by atoms with van der Waals surface area (Å²) < 4.78 is 49.2. The number of hydrogen-bond acceptors (Lipinski definition) is 2. The molecule has 0 unspecified atom stereocenters. The van der Waals surface area contributed by atoms with Crippen LogP contribution >= 0.6 is 0 Å². The van der Waals surface area contributed by atoms with Crippen LogP contribution < -0.4 is 9.47 Å². The number of hydrogen-bond donors (Lipinski definition) is 0. The summed E-state index contributed by atoms with van der Waals surface area (Å²) in [6.45, 7) is 4.63. The van der Waals surface area contributed by atoms with E-state index >= 15 is 0 Å². The first-order chi connectivity index (χ1) is 10.5. The van der Waals surface area contributed by atoms with Crippen molar-refractivity contribution in [2.45, 2.75) is 20.0 Å². The molecule has 118 valence electrons. The van der Waals surface area contributed by atoms with Gasteiger partial charge in [0.2, 0.25) is 0 Å². The Labute approximate surface area is 127 Å². The van der Waals surface area contributed by atoms with Crippen molar-refractivity contribution in [3.63, 3.8) is 0 Å². The molecule has 5 heteroatoms.